The summed E-state index contributed by atoms with van der Waals surface area (Å²) < 4.78 is 11.1. The minimum Gasteiger partial charge on any atom is -0.493 e. The van der Waals surface area contributed by atoms with E-state index >= 15 is 0 Å². The smallest absolute Gasteiger partial charge is 0.264 e. The Labute approximate surface area is 201 Å². The third-order valence-electron chi connectivity index (χ3n) is 6.50. The third kappa shape index (κ3) is 3.91. The number of thiophene rings is 2. The van der Waals surface area contributed by atoms with Crippen molar-refractivity contribution in [3.8, 4) is 11.5 Å². The average molecular weight is 483 g/mol. The zero-order valence-corrected chi connectivity index (χ0v) is 20.3. The molecule has 2 aromatic heterocycles. The van der Waals surface area contributed by atoms with Crippen molar-refractivity contribution in [2.45, 2.75) is 31.3 Å². The number of likely N-dealkylation sites (tertiary alicyclic amines) is 1. The second-order valence-corrected chi connectivity index (χ2v) is 10.2. The molecular formula is C25H26N2O4S2. The standard InChI is InChI=1S/C25H26N2O4S2/c1-30-19-14-16-9-11-27(23(21-7-4-12-32-21)17(16)15-20(19)31-2)24(28)18-6-3-10-26(18)25(29)22-8-5-13-33-22/h4-5,7-8,12-15,18,23H,3,6,9-11H2,1-2H3. The number of methoxy groups -OCH3 is 2. The van der Waals surface area contributed by atoms with Crippen molar-refractivity contribution in [1.82, 2.24) is 9.80 Å². The normalized spacial score (nSPS) is 19.9. The number of fused-ring (bicyclic) bond motifs is 1. The largest absolute Gasteiger partial charge is 0.493 e. The highest BCUT2D eigenvalue weighted by Crippen LogP contribution is 2.43. The maximum absolute atomic E-state index is 14.0. The van der Waals surface area contributed by atoms with Crippen molar-refractivity contribution < 1.29 is 19.1 Å². The summed E-state index contributed by atoms with van der Waals surface area (Å²) in [5.74, 6) is 1.33. The number of hydrogen-bond donors (Lipinski definition) is 0. The summed E-state index contributed by atoms with van der Waals surface area (Å²) in [5.41, 5.74) is 2.22. The first-order valence-corrected chi connectivity index (χ1v) is 12.8. The number of rotatable bonds is 5. The van der Waals surface area contributed by atoms with E-state index in [2.05, 4.69) is 6.07 Å². The van der Waals surface area contributed by atoms with Crippen LogP contribution in [-0.2, 0) is 11.2 Å². The number of amides is 2. The molecule has 4 heterocycles. The van der Waals surface area contributed by atoms with Gasteiger partial charge in [-0.1, -0.05) is 12.1 Å². The van der Waals surface area contributed by atoms with Gasteiger partial charge in [-0.3, -0.25) is 9.59 Å². The van der Waals surface area contributed by atoms with E-state index in [1.807, 2.05) is 46.0 Å². The molecule has 6 nitrogen and oxygen atoms in total. The van der Waals surface area contributed by atoms with Crippen molar-refractivity contribution in [3.63, 3.8) is 0 Å². The molecule has 8 heteroatoms. The molecule has 0 radical (unpaired) electrons. The fraction of sp³-hybridized carbons (Fsp3) is 0.360. The van der Waals surface area contributed by atoms with Gasteiger partial charge in [0.15, 0.2) is 11.5 Å². The molecule has 172 valence electrons. The molecule has 2 unspecified atom stereocenters. The number of carbonyl (C=O) groups excluding carboxylic acids is 2. The van der Waals surface area contributed by atoms with Crippen molar-refractivity contribution in [2.75, 3.05) is 27.3 Å². The maximum Gasteiger partial charge on any atom is 0.264 e. The van der Waals surface area contributed by atoms with Crippen LogP contribution in [-0.4, -0.2) is 55.0 Å². The molecule has 2 aliphatic rings. The van der Waals surface area contributed by atoms with Crippen LogP contribution in [0.5, 0.6) is 11.5 Å². The number of nitrogens with zero attached hydrogens (tertiary/aromatic N) is 2. The lowest BCUT2D eigenvalue weighted by Gasteiger charge is -2.40. The minimum atomic E-state index is -0.427. The molecule has 0 N–H and O–H groups in total. The molecule has 0 bridgehead atoms. The molecule has 2 atom stereocenters. The molecule has 3 aromatic rings. The molecule has 0 saturated carbocycles. The average Bonchev–Trinajstić information content (AvgIpc) is 3.64. The van der Waals surface area contributed by atoms with Crippen LogP contribution in [0.1, 0.15) is 44.6 Å². The van der Waals surface area contributed by atoms with Gasteiger partial charge in [-0.15, -0.1) is 22.7 Å². The number of ether oxygens (including phenoxy) is 2. The van der Waals surface area contributed by atoms with E-state index in [0.717, 1.165) is 28.8 Å². The van der Waals surface area contributed by atoms with E-state index in [0.29, 0.717) is 35.9 Å². The lowest BCUT2D eigenvalue weighted by atomic mass is 9.90. The lowest BCUT2D eigenvalue weighted by molar-refractivity contribution is -0.137. The summed E-state index contributed by atoms with van der Waals surface area (Å²) in [6.45, 7) is 1.22. The highest BCUT2D eigenvalue weighted by molar-refractivity contribution is 7.12. The molecule has 0 spiro atoms. The molecule has 33 heavy (non-hydrogen) atoms. The molecule has 1 fully saturated rings. The number of benzene rings is 1. The van der Waals surface area contributed by atoms with E-state index in [4.69, 9.17) is 9.47 Å². The van der Waals surface area contributed by atoms with Crippen molar-refractivity contribution >= 4 is 34.5 Å². The van der Waals surface area contributed by atoms with Gasteiger partial charge in [0.1, 0.15) is 6.04 Å². The summed E-state index contributed by atoms with van der Waals surface area (Å²) in [7, 11) is 3.27. The fourth-order valence-electron chi connectivity index (χ4n) is 4.94. The predicted octanol–water partition coefficient (Wildman–Crippen LogP) is 4.61. The fourth-order valence-corrected chi connectivity index (χ4v) is 6.47. The van der Waals surface area contributed by atoms with Crippen molar-refractivity contribution in [2.24, 2.45) is 0 Å². The van der Waals surface area contributed by atoms with Crippen LogP contribution in [0, 0.1) is 0 Å². The zero-order chi connectivity index (χ0) is 22.9. The SMILES string of the molecule is COc1cc2c(cc1OC)C(c1cccs1)N(C(=O)C1CCCN1C(=O)c1cccs1)CC2. The second-order valence-electron chi connectivity index (χ2n) is 8.24. The van der Waals surface area contributed by atoms with Crippen molar-refractivity contribution in [3.05, 3.63) is 68.0 Å². The summed E-state index contributed by atoms with van der Waals surface area (Å²) in [5, 5.41) is 3.94. The van der Waals surface area contributed by atoms with Crippen molar-refractivity contribution in [1.29, 1.82) is 0 Å². The van der Waals surface area contributed by atoms with Gasteiger partial charge < -0.3 is 19.3 Å². The Morgan fingerprint density at radius 1 is 0.970 bits per heavy atom. The van der Waals surface area contributed by atoms with Gasteiger partial charge in [0, 0.05) is 18.0 Å². The molecule has 2 amide bonds. The van der Waals surface area contributed by atoms with E-state index in [1.54, 1.807) is 30.5 Å². The summed E-state index contributed by atoms with van der Waals surface area (Å²) in [6.07, 6.45) is 2.27. The Morgan fingerprint density at radius 3 is 2.42 bits per heavy atom. The number of hydrogen-bond acceptors (Lipinski definition) is 6. The maximum atomic E-state index is 14.0. The van der Waals surface area contributed by atoms with Crippen LogP contribution >= 0.6 is 22.7 Å². The minimum absolute atomic E-state index is 0.0243. The first-order chi connectivity index (χ1) is 16.1. The van der Waals surface area contributed by atoms with Gasteiger partial charge in [-0.05, 0) is 65.4 Å². The second kappa shape index (κ2) is 9.19. The predicted molar refractivity (Wildman–Crippen MR) is 130 cm³/mol. The molecular weight excluding hydrogens is 456 g/mol. The van der Waals surface area contributed by atoms with Gasteiger partial charge in [-0.2, -0.15) is 0 Å². The Hall–Kier alpha value is -2.84. The van der Waals surface area contributed by atoms with Crippen LogP contribution in [0.2, 0.25) is 0 Å². The third-order valence-corrected chi connectivity index (χ3v) is 8.28. The van der Waals surface area contributed by atoms with Gasteiger partial charge in [0.25, 0.3) is 5.91 Å². The quantitative estimate of drug-likeness (QED) is 0.533. The van der Waals surface area contributed by atoms with Crippen LogP contribution in [0.3, 0.4) is 0 Å². The number of carbonyl (C=O) groups is 2. The first-order valence-electron chi connectivity index (χ1n) is 11.1. The van der Waals surface area contributed by atoms with E-state index in [-0.39, 0.29) is 17.9 Å². The Bertz CT molecular complexity index is 1140. The van der Waals surface area contributed by atoms with E-state index in [1.165, 1.54) is 11.3 Å². The first kappa shape index (κ1) is 22.0. The Kier molecular flexibility index (Phi) is 6.12. The molecule has 0 aliphatic carbocycles. The summed E-state index contributed by atoms with van der Waals surface area (Å²) in [6, 6.07) is 11.2. The van der Waals surface area contributed by atoms with Gasteiger partial charge >= 0.3 is 0 Å². The zero-order valence-electron chi connectivity index (χ0n) is 18.7. The highest BCUT2D eigenvalue weighted by atomic mass is 32.1. The van der Waals surface area contributed by atoms with E-state index in [9.17, 15) is 9.59 Å². The summed E-state index contributed by atoms with van der Waals surface area (Å²) >= 11 is 3.06. The summed E-state index contributed by atoms with van der Waals surface area (Å²) in [4.78, 5) is 32.6. The van der Waals surface area contributed by atoms with Gasteiger partial charge in [-0.25, -0.2) is 0 Å². The Balaban J connectivity index is 1.51. The topological polar surface area (TPSA) is 59.1 Å². The molecule has 1 aromatic carbocycles. The molecule has 2 aliphatic heterocycles. The van der Waals surface area contributed by atoms with Crippen LogP contribution in [0.4, 0.5) is 0 Å². The lowest BCUT2D eigenvalue weighted by Crippen LogP contribution is -2.50. The van der Waals surface area contributed by atoms with Crippen LogP contribution in [0.25, 0.3) is 0 Å². The van der Waals surface area contributed by atoms with E-state index < -0.39 is 6.04 Å². The molecule has 1 saturated heterocycles. The van der Waals surface area contributed by atoms with Gasteiger partial charge in [0.05, 0.1) is 25.1 Å². The van der Waals surface area contributed by atoms with Crippen LogP contribution in [0.15, 0.2) is 47.2 Å². The van der Waals surface area contributed by atoms with Gasteiger partial charge in [0.2, 0.25) is 5.91 Å². The Morgan fingerprint density at radius 2 is 1.73 bits per heavy atom. The molecule has 5 rings (SSSR count). The highest BCUT2D eigenvalue weighted by Gasteiger charge is 2.42. The monoisotopic (exact) mass is 482 g/mol. The van der Waals surface area contributed by atoms with Crippen LogP contribution < -0.4 is 9.47 Å².